The number of aromatic nitrogens is 3. The molecule has 40 heavy (non-hydrogen) atoms. The second-order valence-electron chi connectivity index (χ2n) is 11.9. The number of benzene rings is 3. The Morgan fingerprint density at radius 3 is 2.52 bits per heavy atom. The van der Waals surface area contributed by atoms with E-state index >= 15 is 0 Å². The van der Waals surface area contributed by atoms with Crippen LogP contribution in [0, 0.1) is 15.9 Å². The molecular formula is C34H34N4OPt-2. The van der Waals surface area contributed by atoms with E-state index in [4.69, 9.17) is 13.8 Å². The van der Waals surface area contributed by atoms with Gasteiger partial charge in [0.1, 0.15) is 0 Å². The van der Waals surface area contributed by atoms with Crippen LogP contribution in [0.4, 0.5) is 11.5 Å². The number of imidazole rings is 1. The Labute approximate surface area is 251 Å². The zero-order valence-electron chi connectivity index (χ0n) is 26.4. The van der Waals surface area contributed by atoms with Crippen molar-refractivity contribution in [2.75, 3.05) is 11.4 Å². The summed E-state index contributed by atoms with van der Waals surface area (Å²) in [6.07, 6.45) is 2.88. The fourth-order valence-electron chi connectivity index (χ4n) is 5.27. The molecule has 1 aliphatic rings. The maximum atomic E-state index is 8.12. The molecule has 0 spiro atoms. The van der Waals surface area contributed by atoms with Crippen LogP contribution in [0.3, 0.4) is 0 Å². The Hall–Kier alpha value is -3.43. The molecule has 0 N–H and O–H groups in total. The summed E-state index contributed by atoms with van der Waals surface area (Å²) in [4.78, 5) is 6.99. The van der Waals surface area contributed by atoms with Crippen molar-refractivity contribution in [1.82, 2.24) is 14.1 Å². The first-order valence-corrected chi connectivity index (χ1v) is 14.6. The van der Waals surface area contributed by atoms with E-state index in [1.807, 2.05) is 59.3 Å². The van der Waals surface area contributed by atoms with Crippen molar-refractivity contribution in [3.8, 4) is 17.2 Å². The van der Waals surface area contributed by atoms with Gasteiger partial charge >= 0.3 is 208 Å². The number of anilines is 2. The first-order chi connectivity index (χ1) is 20.2. The summed E-state index contributed by atoms with van der Waals surface area (Å²) in [6.45, 7) is 9.66. The monoisotopic (exact) mass is 712 g/mol. The number of nitrogens with zero attached hydrogens (tertiary/aromatic N) is 4. The zero-order chi connectivity index (χ0) is 30.7. The molecule has 0 fully saturated rings. The van der Waals surface area contributed by atoms with Crippen LogP contribution in [-0.4, -0.2) is 20.7 Å². The van der Waals surface area contributed by atoms with E-state index in [1.165, 1.54) is 15.7 Å². The van der Waals surface area contributed by atoms with Crippen LogP contribution >= 0.6 is 0 Å². The topological polar surface area (TPSA) is 35.2 Å². The second-order valence-corrected chi connectivity index (χ2v) is 12.9. The second kappa shape index (κ2) is 9.89. The Balaban J connectivity index is 1.39. The fraction of sp³-hybridized carbons (Fsp3) is 0.294. The Kier molecular flexibility index (Phi) is 5.76. The molecular weight excluding hydrogens is 675 g/mol. The molecule has 0 atom stereocenters. The van der Waals surface area contributed by atoms with Crippen molar-refractivity contribution in [2.45, 2.75) is 51.9 Å². The number of hydrogen-bond acceptors (Lipinski definition) is 3. The summed E-state index contributed by atoms with van der Waals surface area (Å²) < 4.78 is 34.5. The molecule has 0 saturated carbocycles. The summed E-state index contributed by atoms with van der Waals surface area (Å²) >= 11 is 2.07. The third-order valence-corrected chi connectivity index (χ3v) is 8.68. The van der Waals surface area contributed by atoms with Crippen LogP contribution in [0.25, 0.3) is 16.7 Å². The molecule has 0 aliphatic carbocycles. The number of aryl methyl sites for hydroxylation is 1. The van der Waals surface area contributed by atoms with Gasteiger partial charge in [0.2, 0.25) is 0 Å². The predicted octanol–water partition coefficient (Wildman–Crippen LogP) is 7.95. The first kappa shape index (κ1) is 23.3. The van der Waals surface area contributed by atoms with Crippen LogP contribution in [0.5, 0.6) is 11.5 Å². The molecule has 0 amide bonds. The molecule has 3 aromatic carbocycles. The number of ether oxygens (including phenoxy) is 1. The van der Waals surface area contributed by atoms with Crippen molar-refractivity contribution < 1.29 is 28.2 Å². The molecule has 2 aromatic heterocycles. The number of hydrogen-bond donors (Lipinski definition) is 0. The van der Waals surface area contributed by atoms with Crippen LogP contribution in [0.15, 0.2) is 72.9 Å². The summed E-state index contributed by atoms with van der Waals surface area (Å²) in [6, 6.07) is 28.4. The van der Waals surface area contributed by atoms with E-state index in [0.717, 1.165) is 30.0 Å². The molecule has 1 aliphatic heterocycles. The average Bonchev–Trinajstić information content (AvgIpc) is 3.25. The first-order valence-electron chi connectivity index (χ1n) is 14.9. The standard InChI is InChI=1S/C34H34N4O.Pt/c1-33(2,3)24-16-18-35-32(20-24)37-19-17-34(4,5)28-15-14-27(22-31(28)37)39-26-11-9-10-25(21-26)38-23-36(6)29-12-7-8-13-30(29)38;/h7-16,18,20H,17,19H2,1-6H3;/q-2;/i6D3;. The number of fused-ring (bicyclic) bond motifs is 2. The number of rotatable bonds is 4. The van der Waals surface area contributed by atoms with E-state index in [-0.39, 0.29) is 10.8 Å². The van der Waals surface area contributed by atoms with Crippen LogP contribution < -0.4 is 9.64 Å². The van der Waals surface area contributed by atoms with E-state index < -0.39 is 6.98 Å². The van der Waals surface area contributed by atoms with Gasteiger partial charge in [-0.15, -0.1) is 0 Å². The van der Waals surface area contributed by atoms with Gasteiger partial charge in [-0.2, -0.15) is 0 Å². The molecule has 6 rings (SSSR count). The molecule has 208 valence electrons. The van der Waals surface area contributed by atoms with Gasteiger partial charge in [-0.25, -0.2) is 0 Å². The Bertz CT molecular complexity index is 1900. The SMILES string of the molecule is [2H]C([2H])([2H])n1[c](=[Pt])n(-c2[c-]c(Oc3[c-]c4c(cc3)C(C)(C)CCN4c3cc(C(C)(C)C)ccn3)ccc2)c2ccccc21. The average molecular weight is 713 g/mol. The van der Waals surface area contributed by atoms with Crippen molar-refractivity contribution >= 4 is 22.5 Å². The third kappa shape index (κ3) is 4.75. The molecule has 6 heteroatoms. The van der Waals surface area contributed by atoms with Crippen molar-refractivity contribution in [1.29, 1.82) is 0 Å². The van der Waals surface area contributed by atoms with Gasteiger partial charge in [0.05, 0.1) is 0 Å². The Morgan fingerprint density at radius 2 is 1.75 bits per heavy atom. The van der Waals surface area contributed by atoms with Crippen LogP contribution in [0.2, 0.25) is 0 Å². The van der Waals surface area contributed by atoms with Crippen molar-refractivity contribution in [2.24, 2.45) is 6.98 Å². The van der Waals surface area contributed by atoms with Gasteiger partial charge in [0.15, 0.2) is 0 Å². The van der Waals surface area contributed by atoms with Crippen LogP contribution in [0.1, 0.15) is 56.3 Å². The van der Waals surface area contributed by atoms with Crippen LogP contribution in [-0.2, 0) is 37.2 Å². The Morgan fingerprint density at radius 1 is 0.975 bits per heavy atom. The molecule has 0 saturated heterocycles. The number of para-hydroxylation sites is 2. The van der Waals surface area contributed by atoms with Gasteiger partial charge in [-0.05, 0) is 17.0 Å². The van der Waals surface area contributed by atoms with Crippen molar-refractivity contribution in [3.63, 3.8) is 0 Å². The van der Waals surface area contributed by atoms with Gasteiger partial charge in [-0.3, -0.25) is 0 Å². The summed E-state index contributed by atoms with van der Waals surface area (Å²) in [5.74, 6) is 1.99. The molecule has 3 heterocycles. The quantitative estimate of drug-likeness (QED) is 0.178. The summed E-state index contributed by atoms with van der Waals surface area (Å²) in [5, 5.41) is 0. The van der Waals surface area contributed by atoms with E-state index in [1.54, 1.807) is 0 Å². The van der Waals surface area contributed by atoms with Gasteiger partial charge in [0, 0.05) is 6.20 Å². The van der Waals surface area contributed by atoms with E-state index in [0.29, 0.717) is 26.5 Å². The maximum absolute atomic E-state index is 8.12. The normalized spacial score (nSPS) is 16.3. The molecule has 0 unspecified atom stereocenters. The molecule has 0 bridgehead atoms. The number of pyridine rings is 1. The summed E-state index contributed by atoms with van der Waals surface area (Å²) in [5.41, 5.74) is 5.49. The van der Waals surface area contributed by atoms with E-state index in [2.05, 4.69) is 89.2 Å². The minimum absolute atomic E-state index is 0.0107. The minimum atomic E-state index is -2.32. The van der Waals surface area contributed by atoms with Crippen molar-refractivity contribution in [3.05, 3.63) is 100.0 Å². The fourth-order valence-corrected chi connectivity index (χ4v) is 6.10. The molecule has 5 nitrogen and oxygen atoms in total. The van der Waals surface area contributed by atoms with Gasteiger partial charge in [-0.1, -0.05) is 20.8 Å². The van der Waals surface area contributed by atoms with Gasteiger partial charge < -0.3 is 0 Å². The van der Waals surface area contributed by atoms with Gasteiger partial charge in [0.25, 0.3) is 0 Å². The zero-order valence-corrected chi connectivity index (χ0v) is 25.6. The molecule has 5 aromatic rings. The summed E-state index contributed by atoms with van der Waals surface area (Å²) in [7, 11) is 0. The predicted molar refractivity (Wildman–Crippen MR) is 157 cm³/mol. The van der Waals surface area contributed by atoms with E-state index in [9.17, 15) is 0 Å². The molecule has 0 radical (unpaired) electrons. The third-order valence-electron chi connectivity index (χ3n) is 7.66.